The van der Waals surface area contributed by atoms with Crippen LogP contribution in [0.5, 0.6) is 0 Å². The van der Waals surface area contributed by atoms with E-state index in [2.05, 4.69) is 15.5 Å². The van der Waals surface area contributed by atoms with Gasteiger partial charge in [-0.3, -0.25) is 0 Å². The van der Waals surface area contributed by atoms with Crippen LogP contribution in [0.15, 0.2) is 36.5 Å². The van der Waals surface area contributed by atoms with Crippen molar-refractivity contribution in [3.05, 3.63) is 42.2 Å². The predicted octanol–water partition coefficient (Wildman–Crippen LogP) is 2.55. The van der Waals surface area contributed by atoms with Crippen LogP contribution >= 0.6 is 0 Å². The summed E-state index contributed by atoms with van der Waals surface area (Å²) < 4.78 is 0. The minimum absolute atomic E-state index is 0.809. The monoisotopic (exact) mass is 256 g/mol. The van der Waals surface area contributed by atoms with Gasteiger partial charge in [-0.05, 0) is 37.4 Å². The maximum atomic E-state index is 4.49. The van der Waals surface area contributed by atoms with Gasteiger partial charge in [-0.2, -0.15) is 15.0 Å². The van der Waals surface area contributed by atoms with E-state index in [9.17, 15) is 0 Å². The number of hydrogen-bond donors (Lipinski definition) is 1. The van der Waals surface area contributed by atoms with Crippen molar-refractivity contribution in [3.63, 3.8) is 0 Å². The predicted molar refractivity (Wildman–Crippen MR) is 75.0 cm³/mol. The molecule has 1 saturated carbocycles. The van der Waals surface area contributed by atoms with Gasteiger partial charge in [0.25, 0.3) is 0 Å². The van der Waals surface area contributed by atoms with Crippen molar-refractivity contribution in [2.24, 2.45) is 5.92 Å². The fourth-order valence-electron chi connectivity index (χ4n) is 2.68. The van der Waals surface area contributed by atoms with Crippen LogP contribution < -0.4 is 5.32 Å². The largest absolute Gasteiger partial charge is 0.311 e. The number of benzene rings is 1. The van der Waals surface area contributed by atoms with Crippen molar-refractivity contribution in [2.75, 3.05) is 6.54 Å². The Hall–Kier alpha value is -1.68. The highest BCUT2D eigenvalue weighted by molar-refractivity contribution is 5.28. The maximum Gasteiger partial charge on any atom is 0.0969 e. The molecule has 0 amide bonds. The molecule has 0 spiro atoms. The van der Waals surface area contributed by atoms with Crippen molar-refractivity contribution < 1.29 is 0 Å². The van der Waals surface area contributed by atoms with E-state index < -0.39 is 0 Å². The molecule has 1 N–H and O–H groups in total. The zero-order chi connectivity index (χ0) is 12.9. The summed E-state index contributed by atoms with van der Waals surface area (Å²) in [6.07, 6.45) is 7.40. The van der Waals surface area contributed by atoms with Crippen molar-refractivity contribution in [2.45, 2.75) is 32.2 Å². The smallest absolute Gasteiger partial charge is 0.0969 e. The molecule has 3 rings (SSSR count). The Morgan fingerprint density at radius 2 is 1.95 bits per heavy atom. The first-order valence-electron chi connectivity index (χ1n) is 7.09. The number of rotatable bonds is 5. The zero-order valence-corrected chi connectivity index (χ0v) is 11.1. The lowest BCUT2D eigenvalue weighted by molar-refractivity contribution is 0.486. The first-order chi connectivity index (χ1) is 9.42. The van der Waals surface area contributed by atoms with Crippen LogP contribution in [-0.2, 0) is 6.54 Å². The first-order valence-corrected chi connectivity index (χ1v) is 7.09. The molecular weight excluding hydrogens is 236 g/mol. The molecule has 100 valence electrons. The molecule has 1 aromatic carbocycles. The minimum Gasteiger partial charge on any atom is -0.311 e. The summed E-state index contributed by atoms with van der Waals surface area (Å²) in [5.41, 5.74) is 2.01. The van der Waals surface area contributed by atoms with Crippen molar-refractivity contribution in [3.8, 4) is 5.69 Å². The average molecular weight is 256 g/mol. The second-order valence-electron chi connectivity index (χ2n) is 5.24. The molecule has 0 unspecified atom stereocenters. The Balaban J connectivity index is 1.53. The SMILES string of the molecule is c1ccc(-n2ncc(CNCC3CCCC3)n2)cc1. The third-order valence-corrected chi connectivity index (χ3v) is 3.74. The standard InChI is InChI=1S/C15H20N4/c1-2-8-15(9-3-1)19-17-12-14(18-19)11-16-10-13-6-4-5-7-13/h1-3,8-9,12-13,16H,4-7,10-11H2. The summed E-state index contributed by atoms with van der Waals surface area (Å²) in [6.45, 7) is 1.92. The van der Waals surface area contributed by atoms with Gasteiger partial charge < -0.3 is 5.32 Å². The van der Waals surface area contributed by atoms with Crippen molar-refractivity contribution in [1.29, 1.82) is 0 Å². The quantitative estimate of drug-likeness (QED) is 0.894. The average Bonchev–Trinajstić information content (AvgIpc) is 3.11. The summed E-state index contributed by atoms with van der Waals surface area (Å²) in [7, 11) is 0. The number of hydrogen-bond acceptors (Lipinski definition) is 3. The van der Waals surface area contributed by atoms with Crippen molar-refractivity contribution in [1.82, 2.24) is 20.3 Å². The van der Waals surface area contributed by atoms with E-state index in [1.165, 1.54) is 25.7 Å². The third-order valence-electron chi connectivity index (χ3n) is 3.74. The van der Waals surface area contributed by atoms with Crippen LogP contribution in [0.25, 0.3) is 5.69 Å². The lowest BCUT2D eigenvalue weighted by Crippen LogP contribution is -2.21. The van der Waals surface area contributed by atoms with E-state index in [0.29, 0.717) is 0 Å². The van der Waals surface area contributed by atoms with Gasteiger partial charge in [-0.25, -0.2) is 0 Å². The van der Waals surface area contributed by atoms with Crippen LogP contribution in [0.3, 0.4) is 0 Å². The summed E-state index contributed by atoms with van der Waals surface area (Å²) in [6, 6.07) is 10.0. The molecule has 4 nitrogen and oxygen atoms in total. The van der Waals surface area contributed by atoms with E-state index in [1.54, 1.807) is 4.80 Å². The van der Waals surface area contributed by atoms with Crippen LogP contribution in [0, 0.1) is 5.92 Å². The maximum absolute atomic E-state index is 4.49. The van der Waals surface area contributed by atoms with Gasteiger partial charge in [0.2, 0.25) is 0 Å². The Labute approximate surface area is 113 Å². The highest BCUT2D eigenvalue weighted by Gasteiger charge is 2.14. The van der Waals surface area contributed by atoms with Crippen LogP contribution in [0.4, 0.5) is 0 Å². The van der Waals surface area contributed by atoms with Crippen LogP contribution in [-0.4, -0.2) is 21.5 Å². The molecule has 1 aromatic heterocycles. The fourth-order valence-corrected chi connectivity index (χ4v) is 2.68. The summed E-state index contributed by atoms with van der Waals surface area (Å²) >= 11 is 0. The Kier molecular flexibility index (Phi) is 3.89. The molecule has 2 aromatic rings. The van der Waals surface area contributed by atoms with Crippen LogP contribution in [0.2, 0.25) is 0 Å². The highest BCUT2D eigenvalue weighted by Crippen LogP contribution is 2.23. The van der Waals surface area contributed by atoms with Crippen LogP contribution in [0.1, 0.15) is 31.4 Å². The molecule has 4 heteroatoms. The number of nitrogens with zero attached hydrogens (tertiary/aromatic N) is 3. The van der Waals surface area contributed by atoms with E-state index in [1.807, 2.05) is 36.5 Å². The molecule has 1 aliphatic rings. The number of nitrogens with one attached hydrogen (secondary N) is 1. The normalized spacial score (nSPS) is 16.0. The summed E-state index contributed by atoms with van der Waals surface area (Å²) in [5, 5.41) is 12.3. The van der Waals surface area contributed by atoms with Gasteiger partial charge in [0.15, 0.2) is 0 Å². The van der Waals surface area contributed by atoms with Gasteiger partial charge in [0, 0.05) is 6.54 Å². The Bertz CT molecular complexity index is 500. The van der Waals surface area contributed by atoms with Gasteiger partial charge in [-0.1, -0.05) is 31.0 Å². The zero-order valence-electron chi connectivity index (χ0n) is 11.1. The van der Waals surface area contributed by atoms with E-state index in [4.69, 9.17) is 0 Å². The first kappa shape index (κ1) is 12.4. The van der Waals surface area contributed by atoms with Gasteiger partial charge >= 0.3 is 0 Å². The second kappa shape index (κ2) is 5.97. The molecule has 1 aliphatic carbocycles. The molecule has 0 radical (unpaired) electrons. The van der Waals surface area contributed by atoms with E-state index in [-0.39, 0.29) is 0 Å². The highest BCUT2D eigenvalue weighted by atomic mass is 15.5. The molecule has 1 fully saturated rings. The fraction of sp³-hybridized carbons (Fsp3) is 0.467. The molecule has 0 atom stereocenters. The topological polar surface area (TPSA) is 42.7 Å². The third kappa shape index (κ3) is 3.20. The van der Waals surface area contributed by atoms with Gasteiger partial charge in [0.1, 0.15) is 0 Å². The molecule has 0 saturated heterocycles. The van der Waals surface area contributed by atoms with E-state index in [0.717, 1.165) is 30.4 Å². The summed E-state index contributed by atoms with van der Waals surface area (Å²) in [4.78, 5) is 1.69. The second-order valence-corrected chi connectivity index (χ2v) is 5.24. The van der Waals surface area contributed by atoms with E-state index >= 15 is 0 Å². The molecule has 19 heavy (non-hydrogen) atoms. The lowest BCUT2D eigenvalue weighted by atomic mass is 10.1. The minimum atomic E-state index is 0.809. The number of aromatic nitrogens is 3. The lowest BCUT2D eigenvalue weighted by Gasteiger charge is -2.08. The summed E-state index contributed by atoms with van der Waals surface area (Å²) in [5.74, 6) is 0.865. The van der Waals surface area contributed by atoms with Crippen molar-refractivity contribution >= 4 is 0 Å². The molecule has 0 bridgehead atoms. The Morgan fingerprint density at radius 1 is 1.16 bits per heavy atom. The number of para-hydroxylation sites is 1. The molecule has 1 heterocycles. The Morgan fingerprint density at radius 3 is 2.74 bits per heavy atom. The van der Waals surface area contributed by atoms with Gasteiger partial charge in [-0.15, -0.1) is 0 Å². The molecular formula is C15H20N4. The van der Waals surface area contributed by atoms with Gasteiger partial charge in [0.05, 0.1) is 17.6 Å². The molecule has 0 aliphatic heterocycles.